The maximum absolute atomic E-state index is 12.7. The summed E-state index contributed by atoms with van der Waals surface area (Å²) in [4.78, 5) is 19.4. The van der Waals surface area contributed by atoms with E-state index in [-0.39, 0.29) is 30.4 Å². The predicted octanol–water partition coefficient (Wildman–Crippen LogP) is 2.99. The summed E-state index contributed by atoms with van der Waals surface area (Å²) in [6, 6.07) is 2.50. The summed E-state index contributed by atoms with van der Waals surface area (Å²) in [7, 11) is 0. The molecule has 0 saturated carbocycles. The number of aromatic nitrogens is 2. The van der Waals surface area contributed by atoms with E-state index in [4.69, 9.17) is 4.42 Å². The number of halogens is 3. The van der Waals surface area contributed by atoms with Crippen LogP contribution in [0.2, 0.25) is 0 Å². The lowest BCUT2D eigenvalue weighted by Gasteiger charge is -2.09. The number of hydrogen-bond acceptors (Lipinski definition) is 4. The molecule has 0 atom stereocenters. The Morgan fingerprint density at radius 2 is 1.91 bits per heavy atom. The molecule has 1 N–H and O–H groups in total. The van der Waals surface area contributed by atoms with Crippen LogP contribution in [0.1, 0.15) is 39.1 Å². The van der Waals surface area contributed by atoms with Crippen LogP contribution < -0.4 is 5.32 Å². The van der Waals surface area contributed by atoms with Gasteiger partial charge in [-0.05, 0) is 32.9 Å². The van der Waals surface area contributed by atoms with Crippen LogP contribution in [0.3, 0.4) is 0 Å². The summed E-state index contributed by atoms with van der Waals surface area (Å²) >= 11 is 0. The molecule has 0 aromatic carbocycles. The van der Waals surface area contributed by atoms with Crippen LogP contribution in [0.4, 0.5) is 13.2 Å². The Balaban J connectivity index is 2.00. The fourth-order valence-electron chi connectivity index (χ4n) is 2.13. The normalized spacial score (nSPS) is 11.6. The minimum atomic E-state index is -4.52. The van der Waals surface area contributed by atoms with Crippen molar-refractivity contribution in [3.63, 3.8) is 0 Å². The molecule has 0 aliphatic heterocycles. The highest BCUT2D eigenvalue weighted by atomic mass is 19.4. The second-order valence-electron chi connectivity index (χ2n) is 5.14. The smallest absolute Gasteiger partial charge is 0.433 e. The van der Waals surface area contributed by atoms with Crippen LogP contribution in [0, 0.1) is 20.8 Å². The molecule has 0 aliphatic carbocycles. The third-order valence-electron chi connectivity index (χ3n) is 3.11. The topological polar surface area (TPSA) is 68.0 Å². The molecule has 0 saturated heterocycles. The third-order valence-corrected chi connectivity index (χ3v) is 3.11. The van der Waals surface area contributed by atoms with E-state index in [1.807, 2.05) is 0 Å². The molecule has 2 aromatic rings. The molecular weight excluding hydrogens is 311 g/mol. The van der Waals surface area contributed by atoms with E-state index in [0.717, 1.165) is 6.07 Å². The first-order valence-electron chi connectivity index (χ1n) is 6.94. The van der Waals surface area contributed by atoms with Crippen LogP contribution in [-0.2, 0) is 12.6 Å². The van der Waals surface area contributed by atoms with Gasteiger partial charge in [-0.1, -0.05) is 0 Å². The fourth-order valence-corrected chi connectivity index (χ4v) is 2.13. The molecule has 2 heterocycles. The van der Waals surface area contributed by atoms with Crippen molar-refractivity contribution in [3.8, 4) is 0 Å². The summed E-state index contributed by atoms with van der Waals surface area (Å²) in [5.74, 6) is 0.802. The molecule has 23 heavy (non-hydrogen) atoms. The highest BCUT2D eigenvalue weighted by Crippen LogP contribution is 2.27. The van der Waals surface area contributed by atoms with Crippen molar-refractivity contribution < 1.29 is 22.4 Å². The third kappa shape index (κ3) is 4.30. The largest absolute Gasteiger partial charge is 0.466 e. The van der Waals surface area contributed by atoms with Gasteiger partial charge in [0.1, 0.15) is 23.0 Å². The molecule has 8 heteroatoms. The molecule has 1 amide bonds. The molecule has 124 valence electrons. The van der Waals surface area contributed by atoms with Gasteiger partial charge in [0.15, 0.2) is 0 Å². The zero-order valence-electron chi connectivity index (χ0n) is 12.9. The molecule has 2 rings (SSSR count). The van der Waals surface area contributed by atoms with Gasteiger partial charge in [-0.15, -0.1) is 0 Å². The van der Waals surface area contributed by atoms with Crippen LogP contribution in [-0.4, -0.2) is 22.4 Å². The first-order valence-corrected chi connectivity index (χ1v) is 6.94. The lowest BCUT2D eigenvalue weighted by Crippen LogP contribution is -2.26. The highest BCUT2D eigenvalue weighted by molar-refractivity contribution is 5.95. The average Bonchev–Trinajstić information content (AvgIpc) is 2.76. The number of furan rings is 1. The van der Waals surface area contributed by atoms with E-state index in [1.54, 1.807) is 19.9 Å². The van der Waals surface area contributed by atoms with E-state index < -0.39 is 11.9 Å². The van der Waals surface area contributed by atoms with Crippen molar-refractivity contribution in [1.29, 1.82) is 0 Å². The Morgan fingerprint density at radius 3 is 2.48 bits per heavy atom. The number of carbonyl (C=O) groups excluding carboxylic acids is 1. The number of aryl methyl sites for hydroxylation is 3. The highest BCUT2D eigenvalue weighted by Gasteiger charge is 2.33. The maximum atomic E-state index is 12.7. The van der Waals surface area contributed by atoms with Gasteiger partial charge in [-0.3, -0.25) is 4.79 Å². The summed E-state index contributed by atoms with van der Waals surface area (Å²) in [5, 5.41) is 2.62. The van der Waals surface area contributed by atoms with Crippen molar-refractivity contribution in [3.05, 3.63) is 46.4 Å². The second-order valence-corrected chi connectivity index (χ2v) is 5.14. The first kappa shape index (κ1) is 17.0. The molecule has 0 bridgehead atoms. The molecule has 2 aromatic heterocycles. The number of nitrogens with zero attached hydrogens (tertiary/aromatic N) is 2. The van der Waals surface area contributed by atoms with Gasteiger partial charge in [-0.2, -0.15) is 13.2 Å². The van der Waals surface area contributed by atoms with Crippen molar-refractivity contribution in [2.45, 2.75) is 33.4 Å². The number of carbonyl (C=O) groups is 1. The quantitative estimate of drug-likeness (QED) is 0.937. The minimum absolute atomic E-state index is 0.0396. The van der Waals surface area contributed by atoms with E-state index in [1.165, 1.54) is 6.92 Å². The number of nitrogens with one attached hydrogen (secondary N) is 1. The molecule has 0 spiro atoms. The number of alkyl halides is 3. The van der Waals surface area contributed by atoms with Gasteiger partial charge in [0.2, 0.25) is 0 Å². The van der Waals surface area contributed by atoms with Gasteiger partial charge >= 0.3 is 6.18 Å². The van der Waals surface area contributed by atoms with Crippen molar-refractivity contribution in [2.24, 2.45) is 0 Å². The summed E-state index contributed by atoms with van der Waals surface area (Å²) in [6.45, 7) is 4.99. The summed E-state index contributed by atoms with van der Waals surface area (Å²) in [5.41, 5.74) is -0.341. The SMILES string of the molecule is Cc1cc(C(F)(F)F)nc(CCNC(=O)c2cc(C)oc2C)n1. The molecular formula is C15H16F3N3O2. The zero-order valence-corrected chi connectivity index (χ0v) is 12.9. The van der Waals surface area contributed by atoms with Gasteiger partial charge in [0.25, 0.3) is 5.91 Å². The van der Waals surface area contributed by atoms with Crippen molar-refractivity contribution in [2.75, 3.05) is 6.54 Å². The van der Waals surface area contributed by atoms with Crippen LogP contribution in [0.15, 0.2) is 16.5 Å². The van der Waals surface area contributed by atoms with Crippen LogP contribution in [0.5, 0.6) is 0 Å². The maximum Gasteiger partial charge on any atom is 0.433 e. The van der Waals surface area contributed by atoms with Gasteiger partial charge in [-0.25, -0.2) is 9.97 Å². The Hall–Kier alpha value is -2.38. The number of amides is 1. The minimum Gasteiger partial charge on any atom is -0.466 e. The van der Waals surface area contributed by atoms with Crippen LogP contribution >= 0.6 is 0 Å². The Kier molecular flexibility index (Phi) is 4.72. The standard InChI is InChI=1S/C15H16F3N3O2/c1-8-6-12(15(16,17)18)21-13(20-8)4-5-19-14(22)11-7-9(2)23-10(11)3/h6-7H,4-5H2,1-3H3,(H,19,22). The van der Waals surface area contributed by atoms with Gasteiger partial charge in [0, 0.05) is 18.7 Å². The number of hydrogen-bond donors (Lipinski definition) is 1. The van der Waals surface area contributed by atoms with E-state index in [0.29, 0.717) is 17.1 Å². The van der Waals surface area contributed by atoms with Crippen LogP contribution in [0.25, 0.3) is 0 Å². The first-order chi connectivity index (χ1) is 10.7. The lowest BCUT2D eigenvalue weighted by molar-refractivity contribution is -0.141. The van der Waals surface area contributed by atoms with E-state index >= 15 is 0 Å². The summed E-state index contributed by atoms with van der Waals surface area (Å²) in [6.07, 6.45) is -4.41. The van der Waals surface area contributed by atoms with Gasteiger partial charge in [0.05, 0.1) is 5.56 Å². The molecule has 5 nitrogen and oxygen atoms in total. The number of rotatable bonds is 4. The average molecular weight is 327 g/mol. The van der Waals surface area contributed by atoms with E-state index in [9.17, 15) is 18.0 Å². The van der Waals surface area contributed by atoms with Crippen molar-refractivity contribution in [1.82, 2.24) is 15.3 Å². The predicted molar refractivity (Wildman–Crippen MR) is 76.0 cm³/mol. The zero-order chi connectivity index (χ0) is 17.2. The lowest BCUT2D eigenvalue weighted by atomic mass is 10.2. The monoisotopic (exact) mass is 327 g/mol. The molecule has 0 aliphatic rings. The second kappa shape index (κ2) is 6.39. The molecule has 0 radical (unpaired) electrons. The van der Waals surface area contributed by atoms with Gasteiger partial charge < -0.3 is 9.73 Å². The Bertz CT molecular complexity index is 723. The Labute approximate surface area is 130 Å². The fraction of sp³-hybridized carbons (Fsp3) is 0.400. The van der Waals surface area contributed by atoms with Crippen molar-refractivity contribution >= 4 is 5.91 Å². The summed E-state index contributed by atoms with van der Waals surface area (Å²) < 4.78 is 43.3. The molecule has 0 fully saturated rings. The molecule has 0 unspecified atom stereocenters. The Morgan fingerprint density at radius 1 is 1.22 bits per heavy atom. The van der Waals surface area contributed by atoms with E-state index in [2.05, 4.69) is 15.3 Å².